The summed E-state index contributed by atoms with van der Waals surface area (Å²) in [7, 11) is 0. The molecule has 1 aliphatic heterocycles. The maximum absolute atomic E-state index is 5.96. The van der Waals surface area contributed by atoms with Gasteiger partial charge < -0.3 is 9.84 Å². The van der Waals surface area contributed by atoms with Gasteiger partial charge >= 0.3 is 0 Å². The fourth-order valence-electron chi connectivity index (χ4n) is 2.38. The minimum Gasteiger partial charge on any atom is -0.339 e. The molecule has 1 saturated heterocycles. The Morgan fingerprint density at radius 1 is 1.50 bits per heavy atom. The minimum absolute atomic E-state index is 0.340. The van der Waals surface area contributed by atoms with Gasteiger partial charge in [0, 0.05) is 16.0 Å². The van der Waals surface area contributed by atoms with E-state index >= 15 is 0 Å². The lowest BCUT2D eigenvalue weighted by Crippen LogP contribution is -2.21. The molecule has 2 unspecified atom stereocenters. The zero-order chi connectivity index (χ0) is 13.9. The van der Waals surface area contributed by atoms with Gasteiger partial charge in [-0.05, 0) is 38.1 Å². The molecule has 2 aromatic rings. The second kappa shape index (κ2) is 6.16. The molecule has 0 aliphatic carbocycles. The molecule has 1 aromatic heterocycles. The SMILES string of the molecule is CC1NCCC1c1nc(CSc2cccc(Cl)c2)no1. The van der Waals surface area contributed by atoms with Crippen molar-refractivity contribution in [1.82, 2.24) is 15.5 Å². The van der Waals surface area contributed by atoms with E-state index < -0.39 is 0 Å². The number of halogens is 1. The maximum atomic E-state index is 5.96. The molecule has 3 rings (SSSR count). The predicted octanol–water partition coefficient (Wildman–Crippen LogP) is 3.48. The fraction of sp³-hybridized carbons (Fsp3) is 0.429. The van der Waals surface area contributed by atoms with Crippen LogP contribution in [0.1, 0.15) is 31.0 Å². The molecule has 20 heavy (non-hydrogen) atoms. The Kier molecular flexibility index (Phi) is 4.29. The Hall–Kier alpha value is -1.04. The molecule has 0 radical (unpaired) electrons. The zero-order valence-electron chi connectivity index (χ0n) is 11.2. The Balaban J connectivity index is 1.63. The van der Waals surface area contributed by atoms with Crippen LogP contribution in [0.25, 0.3) is 0 Å². The summed E-state index contributed by atoms with van der Waals surface area (Å²) in [5.41, 5.74) is 0. The van der Waals surface area contributed by atoms with Crippen LogP contribution in [0, 0.1) is 0 Å². The fourth-order valence-corrected chi connectivity index (χ4v) is 3.43. The summed E-state index contributed by atoms with van der Waals surface area (Å²) >= 11 is 7.62. The maximum Gasteiger partial charge on any atom is 0.231 e. The first-order chi connectivity index (χ1) is 9.72. The van der Waals surface area contributed by atoms with E-state index in [1.807, 2.05) is 24.3 Å². The highest BCUT2D eigenvalue weighted by atomic mass is 35.5. The molecule has 2 heterocycles. The average molecular weight is 310 g/mol. The van der Waals surface area contributed by atoms with Crippen LogP contribution in [-0.2, 0) is 5.75 Å². The van der Waals surface area contributed by atoms with Crippen molar-refractivity contribution in [3.8, 4) is 0 Å². The summed E-state index contributed by atoms with van der Waals surface area (Å²) in [6, 6.07) is 8.19. The lowest BCUT2D eigenvalue weighted by atomic mass is 10.0. The first-order valence-corrected chi connectivity index (χ1v) is 8.03. The minimum atomic E-state index is 0.340. The standard InChI is InChI=1S/C14H16ClN3OS/c1-9-12(5-6-16-9)14-17-13(18-19-14)8-20-11-4-2-3-10(15)7-11/h2-4,7,9,12,16H,5-6,8H2,1H3. The van der Waals surface area contributed by atoms with Gasteiger partial charge in [-0.15, -0.1) is 11.8 Å². The molecular weight excluding hydrogens is 294 g/mol. The Morgan fingerprint density at radius 2 is 2.40 bits per heavy atom. The third-order valence-electron chi connectivity index (χ3n) is 3.49. The number of thioether (sulfide) groups is 1. The van der Waals surface area contributed by atoms with Crippen LogP contribution in [0.2, 0.25) is 5.02 Å². The van der Waals surface area contributed by atoms with E-state index in [1.165, 1.54) is 0 Å². The summed E-state index contributed by atoms with van der Waals surface area (Å²) in [6.07, 6.45) is 1.06. The number of nitrogens with zero attached hydrogens (tertiary/aromatic N) is 2. The second-order valence-electron chi connectivity index (χ2n) is 4.93. The van der Waals surface area contributed by atoms with E-state index in [1.54, 1.807) is 11.8 Å². The highest BCUT2D eigenvalue weighted by Gasteiger charge is 2.29. The summed E-state index contributed by atoms with van der Waals surface area (Å²) < 4.78 is 5.39. The highest BCUT2D eigenvalue weighted by Crippen LogP contribution is 2.28. The van der Waals surface area contributed by atoms with E-state index in [-0.39, 0.29) is 0 Å². The second-order valence-corrected chi connectivity index (χ2v) is 6.42. The van der Waals surface area contributed by atoms with Crippen LogP contribution in [0.4, 0.5) is 0 Å². The number of nitrogens with one attached hydrogen (secondary N) is 1. The number of rotatable bonds is 4. The summed E-state index contributed by atoms with van der Waals surface area (Å²) in [4.78, 5) is 5.62. The van der Waals surface area contributed by atoms with Crippen molar-refractivity contribution >= 4 is 23.4 Å². The van der Waals surface area contributed by atoms with Crippen molar-refractivity contribution in [2.75, 3.05) is 6.54 Å². The van der Waals surface area contributed by atoms with E-state index in [9.17, 15) is 0 Å². The monoisotopic (exact) mass is 309 g/mol. The van der Waals surface area contributed by atoms with Gasteiger partial charge in [0.15, 0.2) is 5.82 Å². The van der Waals surface area contributed by atoms with Gasteiger partial charge in [-0.3, -0.25) is 0 Å². The smallest absolute Gasteiger partial charge is 0.231 e. The average Bonchev–Trinajstić information content (AvgIpc) is 3.05. The van der Waals surface area contributed by atoms with E-state index in [4.69, 9.17) is 16.1 Å². The van der Waals surface area contributed by atoms with Crippen LogP contribution in [0.5, 0.6) is 0 Å². The van der Waals surface area contributed by atoms with Gasteiger partial charge in [-0.1, -0.05) is 22.8 Å². The molecule has 2 atom stereocenters. The Bertz CT molecular complexity index is 589. The van der Waals surface area contributed by atoms with E-state index in [0.717, 1.165) is 34.6 Å². The van der Waals surface area contributed by atoms with Crippen molar-refractivity contribution in [2.45, 2.75) is 36.0 Å². The lowest BCUT2D eigenvalue weighted by molar-refractivity contribution is 0.342. The lowest BCUT2D eigenvalue weighted by Gasteiger charge is -2.08. The van der Waals surface area contributed by atoms with Gasteiger partial charge in [-0.25, -0.2) is 0 Å². The van der Waals surface area contributed by atoms with Gasteiger partial charge in [0.05, 0.1) is 11.7 Å². The summed E-state index contributed by atoms with van der Waals surface area (Å²) in [6.45, 7) is 3.17. The molecule has 4 nitrogen and oxygen atoms in total. The third kappa shape index (κ3) is 3.16. The number of benzene rings is 1. The molecule has 106 valence electrons. The van der Waals surface area contributed by atoms with Gasteiger partial charge in [0.25, 0.3) is 0 Å². The van der Waals surface area contributed by atoms with E-state index in [2.05, 4.69) is 22.4 Å². The van der Waals surface area contributed by atoms with Gasteiger partial charge in [0.1, 0.15) is 0 Å². The van der Waals surface area contributed by atoms with Crippen LogP contribution in [-0.4, -0.2) is 22.7 Å². The van der Waals surface area contributed by atoms with Crippen LogP contribution in [0.3, 0.4) is 0 Å². The molecular formula is C14H16ClN3OS. The first kappa shape index (κ1) is 13.9. The highest BCUT2D eigenvalue weighted by molar-refractivity contribution is 7.98. The third-order valence-corrected chi connectivity index (χ3v) is 4.72. The largest absolute Gasteiger partial charge is 0.339 e. The van der Waals surface area contributed by atoms with Gasteiger partial charge in [-0.2, -0.15) is 4.98 Å². The van der Waals surface area contributed by atoms with Crippen LogP contribution >= 0.6 is 23.4 Å². The van der Waals surface area contributed by atoms with Crippen molar-refractivity contribution < 1.29 is 4.52 Å². The van der Waals surface area contributed by atoms with Crippen molar-refractivity contribution in [3.05, 3.63) is 41.0 Å². The normalized spacial score (nSPS) is 22.3. The van der Waals surface area contributed by atoms with E-state index in [0.29, 0.717) is 17.7 Å². The summed E-state index contributed by atoms with van der Waals surface area (Å²) in [5.74, 6) is 2.53. The topological polar surface area (TPSA) is 51.0 Å². The molecule has 0 spiro atoms. The predicted molar refractivity (Wildman–Crippen MR) is 80.1 cm³/mol. The molecule has 1 N–H and O–H groups in total. The molecule has 1 aromatic carbocycles. The zero-order valence-corrected chi connectivity index (χ0v) is 12.7. The van der Waals surface area contributed by atoms with Crippen LogP contribution in [0.15, 0.2) is 33.7 Å². The molecule has 0 saturated carbocycles. The molecule has 0 amide bonds. The first-order valence-electron chi connectivity index (χ1n) is 6.66. The van der Waals surface area contributed by atoms with Crippen molar-refractivity contribution in [3.63, 3.8) is 0 Å². The molecule has 0 bridgehead atoms. The molecule has 1 aliphatic rings. The van der Waals surface area contributed by atoms with Crippen molar-refractivity contribution in [1.29, 1.82) is 0 Å². The van der Waals surface area contributed by atoms with Gasteiger partial charge in [0.2, 0.25) is 5.89 Å². The molecule has 6 heteroatoms. The van der Waals surface area contributed by atoms with Crippen LogP contribution < -0.4 is 5.32 Å². The number of hydrogen-bond acceptors (Lipinski definition) is 5. The Morgan fingerprint density at radius 3 is 3.15 bits per heavy atom. The summed E-state index contributed by atoms with van der Waals surface area (Å²) in [5, 5.41) is 8.20. The van der Waals surface area contributed by atoms with Crippen molar-refractivity contribution in [2.24, 2.45) is 0 Å². The number of aromatic nitrogens is 2. The number of hydrogen-bond donors (Lipinski definition) is 1. The molecule has 1 fully saturated rings. The quantitative estimate of drug-likeness (QED) is 0.876. The Labute approximate surface area is 127 Å².